The van der Waals surface area contributed by atoms with Crippen LogP contribution in [0.2, 0.25) is 0 Å². The first-order valence-corrected chi connectivity index (χ1v) is 5.74. The normalized spacial score (nSPS) is 12.4. The predicted molar refractivity (Wildman–Crippen MR) is 62.6 cm³/mol. The van der Waals surface area contributed by atoms with Gasteiger partial charge in [0.1, 0.15) is 0 Å². The molecule has 0 aromatic heterocycles. The maximum atomic E-state index is 9.39. The Labute approximate surface area is 89.8 Å². The number of aliphatic hydroxyl groups excluding tert-OH is 1. The quantitative estimate of drug-likeness (QED) is 0.454. The lowest BCUT2D eigenvalue weighted by molar-refractivity contribution is 0.199. The molecule has 1 aromatic carbocycles. The van der Waals surface area contributed by atoms with Crippen LogP contribution in [0.1, 0.15) is 25.0 Å². The van der Waals surface area contributed by atoms with Gasteiger partial charge in [-0.05, 0) is 31.0 Å². The van der Waals surface area contributed by atoms with Crippen LogP contribution in [-0.4, -0.2) is 10.9 Å². The van der Waals surface area contributed by atoms with E-state index >= 15 is 0 Å². The van der Waals surface area contributed by atoms with Crippen molar-refractivity contribution in [1.82, 2.24) is 0 Å². The number of rotatable bonds is 5. The van der Waals surface area contributed by atoms with Gasteiger partial charge in [0.15, 0.2) is 0 Å². The Kier molecular flexibility index (Phi) is 4.77. The summed E-state index contributed by atoms with van der Waals surface area (Å²) in [5.41, 5.74) is 0.980. The van der Waals surface area contributed by atoms with E-state index in [1.807, 2.05) is 24.3 Å². The molecule has 76 valence electrons. The van der Waals surface area contributed by atoms with Crippen LogP contribution in [0.3, 0.4) is 0 Å². The third-order valence-corrected chi connectivity index (χ3v) is 2.96. The first kappa shape index (κ1) is 11.3. The van der Waals surface area contributed by atoms with Crippen molar-refractivity contribution >= 4 is 11.8 Å². The second-order valence-corrected chi connectivity index (χ2v) is 4.34. The van der Waals surface area contributed by atoms with Crippen LogP contribution in [0.5, 0.6) is 0 Å². The van der Waals surface area contributed by atoms with Gasteiger partial charge in [0.25, 0.3) is 0 Å². The predicted octanol–water partition coefficient (Wildman–Crippen LogP) is 3.41. The molecule has 0 bridgehead atoms. The van der Waals surface area contributed by atoms with E-state index in [-0.39, 0.29) is 6.10 Å². The summed E-state index contributed by atoms with van der Waals surface area (Å²) in [6.07, 6.45) is 2.56. The first-order valence-electron chi connectivity index (χ1n) is 4.75. The summed E-state index contributed by atoms with van der Waals surface area (Å²) >= 11 is 1.79. The van der Waals surface area contributed by atoms with Crippen LogP contribution in [0.4, 0.5) is 0 Å². The number of benzene rings is 1. The summed E-state index contributed by atoms with van der Waals surface area (Å²) in [7, 11) is 0. The molecule has 1 nitrogen and oxygen atoms in total. The minimum atomic E-state index is -0.380. The molecule has 0 saturated carbocycles. The molecule has 0 aliphatic carbocycles. The Hall–Kier alpha value is -0.730. The summed E-state index contributed by atoms with van der Waals surface area (Å²) in [4.78, 5) is 1.21. The molecular formula is C12H16OS. The van der Waals surface area contributed by atoms with E-state index in [0.717, 1.165) is 17.7 Å². The fourth-order valence-corrected chi connectivity index (χ4v) is 2.04. The van der Waals surface area contributed by atoms with Crippen molar-refractivity contribution in [3.05, 3.63) is 42.5 Å². The summed E-state index contributed by atoms with van der Waals surface area (Å²) in [6, 6.07) is 8.04. The van der Waals surface area contributed by atoms with Crippen molar-refractivity contribution in [1.29, 1.82) is 0 Å². The zero-order valence-electron chi connectivity index (χ0n) is 8.44. The van der Waals surface area contributed by atoms with Crippen LogP contribution in [0.15, 0.2) is 41.8 Å². The fourth-order valence-electron chi connectivity index (χ4n) is 1.12. The van der Waals surface area contributed by atoms with E-state index in [0.29, 0.717) is 0 Å². The molecule has 0 aliphatic heterocycles. The third-order valence-electron chi connectivity index (χ3n) is 1.93. The third kappa shape index (κ3) is 3.56. The van der Waals surface area contributed by atoms with Gasteiger partial charge in [0.05, 0.1) is 6.10 Å². The van der Waals surface area contributed by atoms with Gasteiger partial charge in [-0.1, -0.05) is 18.2 Å². The Morgan fingerprint density at radius 1 is 1.57 bits per heavy atom. The SMILES string of the molecule is C=CCCSc1cccc(C(C)O)c1. The second kappa shape index (κ2) is 5.89. The molecule has 2 heteroatoms. The van der Waals surface area contributed by atoms with Crippen molar-refractivity contribution < 1.29 is 5.11 Å². The second-order valence-electron chi connectivity index (χ2n) is 3.17. The standard InChI is InChI=1S/C12H16OS/c1-3-4-8-14-12-7-5-6-11(9-12)10(2)13/h3,5-7,9-10,13H,1,4,8H2,2H3. The van der Waals surface area contributed by atoms with Crippen molar-refractivity contribution in [3.63, 3.8) is 0 Å². The van der Waals surface area contributed by atoms with Gasteiger partial charge in [-0.25, -0.2) is 0 Å². The highest BCUT2D eigenvalue weighted by molar-refractivity contribution is 7.99. The molecule has 1 aromatic rings. The average molecular weight is 208 g/mol. The van der Waals surface area contributed by atoms with E-state index < -0.39 is 0 Å². The molecule has 1 N–H and O–H groups in total. The van der Waals surface area contributed by atoms with Crippen LogP contribution < -0.4 is 0 Å². The molecule has 14 heavy (non-hydrogen) atoms. The topological polar surface area (TPSA) is 20.2 Å². The van der Waals surface area contributed by atoms with E-state index in [1.54, 1.807) is 18.7 Å². The van der Waals surface area contributed by atoms with Gasteiger partial charge < -0.3 is 5.11 Å². The van der Waals surface area contributed by atoms with E-state index in [2.05, 4.69) is 12.6 Å². The molecule has 0 amide bonds. The van der Waals surface area contributed by atoms with Crippen LogP contribution in [-0.2, 0) is 0 Å². The average Bonchev–Trinajstić information content (AvgIpc) is 2.19. The minimum Gasteiger partial charge on any atom is -0.389 e. The molecule has 0 aliphatic rings. The largest absolute Gasteiger partial charge is 0.389 e. The maximum absolute atomic E-state index is 9.39. The van der Waals surface area contributed by atoms with Crippen molar-refractivity contribution in [2.24, 2.45) is 0 Å². The molecule has 0 radical (unpaired) electrons. The lowest BCUT2D eigenvalue weighted by Crippen LogP contribution is -1.90. The molecule has 0 fully saturated rings. The summed E-state index contributed by atoms with van der Waals surface area (Å²) in [5.74, 6) is 1.05. The zero-order chi connectivity index (χ0) is 10.4. The highest BCUT2D eigenvalue weighted by Gasteiger charge is 2.01. The number of hydrogen-bond donors (Lipinski definition) is 1. The highest BCUT2D eigenvalue weighted by Crippen LogP contribution is 2.22. The molecular weight excluding hydrogens is 192 g/mol. The number of aliphatic hydroxyl groups is 1. The summed E-state index contributed by atoms with van der Waals surface area (Å²) in [5, 5.41) is 9.39. The van der Waals surface area contributed by atoms with Crippen molar-refractivity contribution in [2.45, 2.75) is 24.3 Å². The molecule has 0 spiro atoms. The van der Waals surface area contributed by atoms with Gasteiger partial charge in [0, 0.05) is 10.6 Å². The van der Waals surface area contributed by atoms with Gasteiger partial charge in [-0.15, -0.1) is 18.3 Å². The zero-order valence-corrected chi connectivity index (χ0v) is 9.26. The van der Waals surface area contributed by atoms with Crippen LogP contribution in [0, 0.1) is 0 Å². The van der Waals surface area contributed by atoms with Crippen molar-refractivity contribution in [2.75, 3.05) is 5.75 Å². The fraction of sp³-hybridized carbons (Fsp3) is 0.333. The molecule has 1 rings (SSSR count). The Morgan fingerprint density at radius 2 is 2.36 bits per heavy atom. The van der Waals surface area contributed by atoms with Gasteiger partial charge in [-0.2, -0.15) is 0 Å². The molecule has 0 saturated heterocycles. The number of thioether (sulfide) groups is 1. The highest BCUT2D eigenvalue weighted by atomic mass is 32.2. The lowest BCUT2D eigenvalue weighted by atomic mass is 10.1. The smallest absolute Gasteiger partial charge is 0.0762 e. The maximum Gasteiger partial charge on any atom is 0.0762 e. The van der Waals surface area contributed by atoms with Crippen LogP contribution in [0.25, 0.3) is 0 Å². The Morgan fingerprint density at radius 3 is 3.00 bits per heavy atom. The van der Waals surface area contributed by atoms with Gasteiger partial charge >= 0.3 is 0 Å². The molecule has 0 heterocycles. The Balaban J connectivity index is 2.59. The monoisotopic (exact) mass is 208 g/mol. The summed E-state index contributed by atoms with van der Waals surface area (Å²) in [6.45, 7) is 5.47. The van der Waals surface area contributed by atoms with E-state index in [9.17, 15) is 5.11 Å². The number of allylic oxidation sites excluding steroid dienone is 1. The summed E-state index contributed by atoms with van der Waals surface area (Å²) < 4.78 is 0. The van der Waals surface area contributed by atoms with E-state index in [4.69, 9.17) is 0 Å². The Bertz CT molecular complexity index is 294. The molecule has 1 atom stereocenters. The molecule has 1 unspecified atom stereocenters. The first-order chi connectivity index (χ1) is 6.74. The minimum absolute atomic E-state index is 0.380. The van der Waals surface area contributed by atoms with Crippen molar-refractivity contribution in [3.8, 4) is 0 Å². The van der Waals surface area contributed by atoms with Gasteiger partial charge in [-0.3, -0.25) is 0 Å². The van der Waals surface area contributed by atoms with Gasteiger partial charge in [0.2, 0.25) is 0 Å². The number of hydrogen-bond acceptors (Lipinski definition) is 2. The lowest BCUT2D eigenvalue weighted by Gasteiger charge is -2.06. The van der Waals surface area contributed by atoms with E-state index in [1.165, 1.54) is 4.90 Å². The van der Waals surface area contributed by atoms with Crippen LogP contribution >= 0.6 is 11.8 Å².